The van der Waals surface area contributed by atoms with Crippen molar-refractivity contribution in [1.82, 2.24) is 5.16 Å². The summed E-state index contributed by atoms with van der Waals surface area (Å²) in [5.74, 6) is 0.288. The number of aromatic nitrogens is 1. The Hall–Kier alpha value is -1.15. The van der Waals surface area contributed by atoms with E-state index in [1.165, 1.54) is 6.26 Å². The van der Waals surface area contributed by atoms with E-state index in [-0.39, 0.29) is 12.5 Å². The molecule has 1 heterocycles. The van der Waals surface area contributed by atoms with Crippen LogP contribution in [-0.4, -0.2) is 49.4 Å². The minimum atomic E-state index is -0.581. The second kappa shape index (κ2) is 8.02. The van der Waals surface area contributed by atoms with E-state index >= 15 is 0 Å². The topological polar surface area (TPSA) is 83.2 Å². The molecule has 0 radical (unpaired) electrons. The third-order valence-electron chi connectivity index (χ3n) is 1.98. The van der Waals surface area contributed by atoms with Crippen LogP contribution >= 0.6 is 0 Å². The molecule has 1 rings (SSSR count). The van der Waals surface area contributed by atoms with Gasteiger partial charge in [0.25, 0.3) is 5.88 Å². The molecule has 0 aliphatic rings. The maximum Gasteiger partial charge on any atom is 0.254 e. The zero-order chi connectivity index (χ0) is 12.5. The van der Waals surface area contributed by atoms with E-state index in [9.17, 15) is 0 Å². The molecule has 0 aromatic carbocycles. The van der Waals surface area contributed by atoms with Crippen molar-refractivity contribution in [2.75, 3.05) is 26.9 Å². The fourth-order valence-corrected chi connectivity index (χ4v) is 1.03. The van der Waals surface area contributed by atoms with Crippen LogP contribution < -0.4 is 4.74 Å². The summed E-state index contributed by atoms with van der Waals surface area (Å²) in [6, 6.07) is 1.54. The van der Waals surface area contributed by atoms with Gasteiger partial charge in [-0.25, -0.2) is 9.78 Å². The average molecular weight is 247 g/mol. The van der Waals surface area contributed by atoms with Crippen LogP contribution in [-0.2, 0) is 14.5 Å². The molecule has 7 heteroatoms. The molecule has 2 atom stereocenters. The molecule has 0 saturated heterocycles. The van der Waals surface area contributed by atoms with Gasteiger partial charge in [0, 0.05) is 13.2 Å². The Morgan fingerprint density at radius 1 is 1.47 bits per heavy atom. The number of methoxy groups -OCH3 is 1. The van der Waals surface area contributed by atoms with Gasteiger partial charge in [-0.3, -0.25) is 0 Å². The molecule has 0 aliphatic carbocycles. The highest BCUT2D eigenvalue weighted by Crippen LogP contribution is 2.11. The lowest BCUT2D eigenvalue weighted by Crippen LogP contribution is -2.35. The van der Waals surface area contributed by atoms with Crippen molar-refractivity contribution in [3.05, 3.63) is 12.3 Å². The average Bonchev–Trinajstić information content (AvgIpc) is 2.84. The summed E-state index contributed by atoms with van der Waals surface area (Å²) in [4.78, 5) is 9.90. The standard InChI is InChI=1S/C10H17NO6/c1-8(17-15-6-5-13-2)9(7-12)16-10-3-4-14-11-10/h3-4,8-9,12H,5-7H2,1-2H3. The highest BCUT2D eigenvalue weighted by Gasteiger charge is 2.21. The van der Waals surface area contributed by atoms with E-state index in [1.54, 1.807) is 20.1 Å². The molecule has 0 fully saturated rings. The molecule has 0 aliphatic heterocycles. The fraction of sp³-hybridized carbons (Fsp3) is 0.700. The summed E-state index contributed by atoms with van der Waals surface area (Å²) in [7, 11) is 1.57. The highest BCUT2D eigenvalue weighted by atomic mass is 17.2. The number of nitrogens with zero attached hydrogens (tertiary/aromatic N) is 1. The molecule has 0 bridgehead atoms. The van der Waals surface area contributed by atoms with Gasteiger partial charge in [0.15, 0.2) is 6.10 Å². The van der Waals surface area contributed by atoms with E-state index in [4.69, 9.17) is 24.4 Å². The molecular weight excluding hydrogens is 230 g/mol. The van der Waals surface area contributed by atoms with Crippen LogP contribution in [0.1, 0.15) is 6.92 Å². The van der Waals surface area contributed by atoms with Crippen LogP contribution in [0.15, 0.2) is 16.9 Å². The quantitative estimate of drug-likeness (QED) is 0.384. The normalized spacial score (nSPS) is 14.5. The summed E-state index contributed by atoms with van der Waals surface area (Å²) >= 11 is 0. The zero-order valence-electron chi connectivity index (χ0n) is 9.87. The first-order valence-corrected chi connectivity index (χ1v) is 5.23. The van der Waals surface area contributed by atoms with Gasteiger partial charge in [0.2, 0.25) is 0 Å². The predicted molar refractivity (Wildman–Crippen MR) is 56.4 cm³/mol. The third-order valence-corrected chi connectivity index (χ3v) is 1.98. The summed E-state index contributed by atoms with van der Waals surface area (Å²) in [5.41, 5.74) is 0. The van der Waals surface area contributed by atoms with E-state index in [0.29, 0.717) is 13.2 Å². The zero-order valence-corrected chi connectivity index (χ0v) is 9.87. The Morgan fingerprint density at radius 3 is 2.88 bits per heavy atom. The van der Waals surface area contributed by atoms with Crippen molar-refractivity contribution in [1.29, 1.82) is 0 Å². The molecule has 0 saturated carbocycles. The van der Waals surface area contributed by atoms with Crippen LogP contribution in [0.25, 0.3) is 0 Å². The number of rotatable bonds is 9. The molecule has 7 nitrogen and oxygen atoms in total. The van der Waals surface area contributed by atoms with Gasteiger partial charge in [-0.2, -0.15) is 0 Å². The molecule has 98 valence electrons. The molecule has 1 aromatic heterocycles. The molecule has 0 amide bonds. The second-order valence-electron chi connectivity index (χ2n) is 3.29. The maximum absolute atomic E-state index is 9.15. The lowest BCUT2D eigenvalue weighted by molar-refractivity contribution is -0.336. The minimum absolute atomic E-state index is 0.221. The summed E-state index contributed by atoms with van der Waals surface area (Å²) in [6.07, 6.45) is 0.348. The molecule has 17 heavy (non-hydrogen) atoms. The fourth-order valence-electron chi connectivity index (χ4n) is 1.03. The van der Waals surface area contributed by atoms with E-state index in [1.807, 2.05) is 0 Å². The predicted octanol–water partition coefficient (Wildman–Crippen LogP) is 0.397. The molecular formula is C10H17NO6. The monoisotopic (exact) mass is 247 g/mol. The van der Waals surface area contributed by atoms with Crippen molar-refractivity contribution >= 4 is 0 Å². The number of aliphatic hydroxyl groups is 1. The minimum Gasteiger partial charge on any atom is -0.467 e. The Kier molecular flexibility index (Phi) is 6.56. The lowest BCUT2D eigenvalue weighted by atomic mass is 10.2. The van der Waals surface area contributed by atoms with Gasteiger partial charge < -0.3 is 19.1 Å². The van der Waals surface area contributed by atoms with Gasteiger partial charge in [0.1, 0.15) is 19.0 Å². The van der Waals surface area contributed by atoms with Crippen LogP contribution in [0.2, 0.25) is 0 Å². The molecule has 1 N–H and O–H groups in total. The van der Waals surface area contributed by atoms with Gasteiger partial charge in [-0.15, -0.1) is 0 Å². The van der Waals surface area contributed by atoms with Gasteiger partial charge in [-0.1, -0.05) is 0 Å². The van der Waals surface area contributed by atoms with Gasteiger partial charge >= 0.3 is 0 Å². The lowest BCUT2D eigenvalue weighted by Gasteiger charge is -2.20. The van der Waals surface area contributed by atoms with Crippen LogP contribution in [0.3, 0.4) is 0 Å². The van der Waals surface area contributed by atoms with Crippen molar-refractivity contribution in [2.45, 2.75) is 19.1 Å². The molecule has 2 unspecified atom stereocenters. The van der Waals surface area contributed by atoms with E-state index < -0.39 is 12.2 Å². The van der Waals surface area contributed by atoms with Crippen molar-refractivity contribution in [3.8, 4) is 5.88 Å². The SMILES string of the molecule is COCCOOC(C)C(CO)Oc1ccon1. The van der Waals surface area contributed by atoms with E-state index in [2.05, 4.69) is 9.68 Å². The third kappa shape index (κ3) is 5.14. The Morgan fingerprint density at radius 2 is 2.29 bits per heavy atom. The number of hydrogen-bond donors (Lipinski definition) is 1. The van der Waals surface area contributed by atoms with E-state index in [0.717, 1.165) is 0 Å². The maximum atomic E-state index is 9.15. The first kappa shape index (κ1) is 13.9. The van der Waals surface area contributed by atoms with Crippen LogP contribution in [0.4, 0.5) is 0 Å². The molecule has 1 aromatic rings. The van der Waals surface area contributed by atoms with Gasteiger partial charge in [0.05, 0.1) is 13.2 Å². The Labute approximate surface area is 99.1 Å². The van der Waals surface area contributed by atoms with Crippen molar-refractivity contribution < 1.29 is 28.9 Å². The van der Waals surface area contributed by atoms with Crippen LogP contribution in [0, 0.1) is 0 Å². The van der Waals surface area contributed by atoms with Crippen LogP contribution in [0.5, 0.6) is 5.88 Å². The summed E-state index contributed by atoms with van der Waals surface area (Å²) in [6.45, 7) is 2.24. The number of ether oxygens (including phenoxy) is 2. The van der Waals surface area contributed by atoms with Gasteiger partial charge in [-0.05, 0) is 12.1 Å². The first-order valence-electron chi connectivity index (χ1n) is 5.23. The number of aliphatic hydroxyl groups excluding tert-OH is 1. The largest absolute Gasteiger partial charge is 0.467 e. The summed E-state index contributed by atoms with van der Waals surface area (Å²) < 4.78 is 14.7. The Balaban J connectivity index is 2.28. The Bertz CT molecular complexity index is 278. The van der Waals surface area contributed by atoms with Crippen molar-refractivity contribution in [3.63, 3.8) is 0 Å². The summed E-state index contributed by atoms with van der Waals surface area (Å²) in [5, 5.41) is 12.7. The first-order chi connectivity index (χ1) is 8.27. The van der Waals surface area contributed by atoms with Crippen molar-refractivity contribution in [2.24, 2.45) is 0 Å². The second-order valence-corrected chi connectivity index (χ2v) is 3.29. The smallest absolute Gasteiger partial charge is 0.254 e. The highest BCUT2D eigenvalue weighted by molar-refractivity contribution is 5.03. The number of hydrogen-bond acceptors (Lipinski definition) is 7. The molecule has 0 spiro atoms.